The summed E-state index contributed by atoms with van der Waals surface area (Å²) in [6, 6.07) is 9.49. The number of fused-ring (bicyclic) bond motifs is 1. The van der Waals surface area contributed by atoms with Crippen LogP contribution in [0.25, 0.3) is 0 Å². The maximum Gasteiger partial charge on any atom is 0.0323 e. The normalized spacial score (nSPS) is 18.9. The molecule has 1 aliphatic carbocycles. The van der Waals surface area contributed by atoms with Crippen molar-refractivity contribution in [2.45, 2.75) is 39.2 Å². The highest BCUT2D eigenvalue weighted by atomic mass is 15.1. The van der Waals surface area contributed by atoms with Crippen LogP contribution in [0.4, 0.5) is 0 Å². The van der Waals surface area contributed by atoms with Gasteiger partial charge in [0, 0.05) is 19.1 Å². The van der Waals surface area contributed by atoms with Gasteiger partial charge in [-0.1, -0.05) is 38.1 Å². The third-order valence-electron chi connectivity index (χ3n) is 4.08. The van der Waals surface area contributed by atoms with E-state index in [4.69, 9.17) is 0 Å². The van der Waals surface area contributed by atoms with E-state index in [1.54, 1.807) is 5.56 Å². The molecule has 2 heteroatoms. The largest absolute Gasteiger partial charge is 0.309 e. The van der Waals surface area contributed by atoms with Crippen LogP contribution >= 0.6 is 0 Å². The van der Waals surface area contributed by atoms with Gasteiger partial charge in [-0.25, -0.2) is 0 Å². The van der Waals surface area contributed by atoms with Crippen LogP contribution in [-0.2, 0) is 6.42 Å². The SMILES string of the molecule is CCN(CC)CCN[C@@H]1CCCc2ccccc21. The number of nitrogens with zero attached hydrogens (tertiary/aromatic N) is 1. The fourth-order valence-electron chi connectivity index (χ4n) is 2.90. The molecule has 0 spiro atoms. The Bertz CT molecular complexity index is 358. The number of benzene rings is 1. The molecule has 0 saturated carbocycles. The number of nitrogens with one attached hydrogen (secondary N) is 1. The van der Waals surface area contributed by atoms with Crippen molar-refractivity contribution in [1.29, 1.82) is 0 Å². The third kappa shape index (κ3) is 3.33. The summed E-state index contributed by atoms with van der Waals surface area (Å²) >= 11 is 0. The molecular formula is C16H26N2. The first-order valence-electron chi connectivity index (χ1n) is 7.38. The number of aryl methyl sites for hydroxylation is 1. The summed E-state index contributed by atoms with van der Waals surface area (Å²) in [7, 11) is 0. The molecule has 0 bridgehead atoms. The molecule has 2 rings (SSSR count). The average molecular weight is 246 g/mol. The van der Waals surface area contributed by atoms with E-state index >= 15 is 0 Å². The Labute approximate surface area is 111 Å². The van der Waals surface area contributed by atoms with Crippen LogP contribution < -0.4 is 5.32 Å². The Balaban J connectivity index is 1.87. The molecule has 2 nitrogen and oxygen atoms in total. The van der Waals surface area contributed by atoms with Gasteiger partial charge < -0.3 is 10.2 Å². The summed E-state index contributed by atoms with van der Waals surface area (Å²) in [6.45, 7) is 9.03. The van der Waals surface area contributed by atoms with Gasteiger partial charge in [0.1, 0.15) is 0 Å². The van der Waals surface area contributed by atoms with Crippen molar-refractivity contribution in [3.8, 4) is 0 Å². The molecule has 0 aliphatic heterocycles. The fourth-order valence-corrected chi connectivity index (χ4v) is 2.90. The summed E-state index contributed by atoms with van der Waals surface area (Å²) in [6.07, 6.45) is 3.86. The van der Waals surface area contributed by atoms with Gasteiger partial charge in [-0.05, 0) is 43.5 Å². The Morgan fingerprint density at radius 3 is 2.78 bits per heavy atom. The maximum atomic E-state index is 3.74. The van der Waals surface area contributed by atoms with Gasteiger partial charge in [0.05, 0.1) is 0 Å². The zero-order valence-corrected chi connectivity index (χ0v) is 11.8. The molecule has 0 amide bonds. The molecule has 18 heavy (non-hydrogen) atoms. The van der Waals surface area contributed by atoms with Crippen LogP contribution in [0.1, 0.15) is 43.9 Å². The summed E-state index contributed by atoms with van der Waals surface area (Å²) < 4.78 is 0. The summed E-state index contributed by atoms with van der Waals surface area (Å²) in [5.74, 6) is 0. The second-order valence-electron chi connectivity index (χ2n) is 5.12. The standard InChI is InChI=1S/C16H26N2/c1-3-18(4-2)13-12-17-16-11-7-9-14-8-5-6-10-15(14)16/h5-6,8,10,16-17H,3-4,7,9,11-13H2,1-2H3/t16-/m1/s1. The van der Waals surface area contributed by atoms with E-state index in [0.717, 1.165) is 26.2 Å². The van der Waals surface area contributed by atoms with Crippen LogP contribution in [0.3, 0.4) is 0 Å². The lowest BCUT2D eigenvalue weighted by Crippen LogP contribution is -2.34. The van der Waals surface area contributed by atoms with Gasteiger partial charge in [0.2, 0.25) is 0 Å². The van der Waals surface area contributed by atoms with Crippen molar-refractivity contribution in [2.75, 3.05) is 26.2 Å². The molecule has 1 aliphatic rings. The molecule has 1 aromatic rings. The van der Waals surface area contributed by atoms with Crippen LogP contribution in [0.2, 0.25) is 0 Å². The number of hydrogen-bond acceptors (Lipinski definition) is 2. The highest BCUT2D eigenvalue weighted by molar-refractivity contribution is 5.32. The minimum atomic E-state index is 0.575. The van der Waals surface area contributed by atoms with Gasteiger partial charge in [-0.3, -0.25) is 0 Å². The van der Waals surface area contributed by atoms with Crippen molar-refractivity contribution in [3.05, 3.63) is 35.4 Å². The molecule has 0 saturated heterocycles. The van der Waals surface area contributed by atoms with E-state index < -0.39 is 0 Å². The quantitative estimate of drug-likeness (QED) is 0.830. The minimum Gasteiger partial charge on any atom is -0.309 e. The van der Waals surface area contributed by atoms with E-state index in [-0.39, 0.29) is 0 Å². The Morgan fingerprint density at radius 2 is 2.00 bits per heavy atom. The van der Waals surface area contributed by atoms with Gasteiger partial charge in [-0.15, -0.1) is 0 Å². The number of hydrogen-bond donors (Lipinski definition) is 1. The van der Waals surface area contributed by atoms with Crippen LogP contribution in [-0.4, -0.2) is 31.1 Å². The number of likely N-dealkylation sites (N-methyl/N-ethyl adjacent to an activating group) is 1. The minimum absolute atomic E-state index is 0.575. The first-order valence-corrected chi connectivity index (χ1v) is 7.38. The third-order valence-corrected chi connectivity index (χ3v) is 4.08. The lowest BCUT2D eigenvalue weighted by molar-refractivity contribution is 0.293. The molecule has 0 unspecified atom stereocenters. The van der Waals surface area contributed by atoms with Gasteiger partial charge in [0.15, 0.2) is 0 Å². The Morgan fingerprint density at radius 1 is 1.22 bits per heavy atom. The van der Waals surface area contributed by atoms with E-state index in [1.165, 1.54) is 24.8 Å². The summed E-state index contributed by atoms with van der Waals surface area (Å²) in [5, 5.41) is 3.74. The van der Waals surface area contributed by atoms with Gasteiger partial charge in [0.25, 0.3) is 0 Å². The predicted octanol–water partition coefficient (Wildman–Crippen LogP) is 3.00. The molecule has 100 valence electrons. The lowest BCUT2D eigenvalue weighted by atomic mass is 9.88. The molecule has 0 radical (unpaired) electrons. The van der Waals surface area contributed by atoms with E-state index in [0.29, 0.717) is 6.04 Å². The highest BCUT2D eigenvalue weighted by Gasteiger charge is 2.18. The monoisotopic (exact) mass is 246 g/mol. The molecule has 1 aromatic carbocycles. The van der Waals surface area contributed by atoms with Crippen molar-refractivity contribution in [2.24, 2.45) is 0 Å². The van der Waals surface area contributed by atoms with Crippen LogP contribution in [0.15, 0.2) is 24.3 Å². The lowest BCUT2D eigenvalue weighted by Gasteiger charge is -2.27. The molecule has 1 atom stereocenters. The van der Waals surface area contributed by atoms with E-state index in [9.17, 15) is 0 Å². The van der Waals surface area contributed by atoms with E-state index in [2.05, 4.69) is 48.3 Å². The maximum absolute atomic E-state index is 3.74. The zero-order chi connectivity index (χ0) is 12.8. The van der Waals surface area contributed by atoms with Crippen molar-refractivity contribution >= 4 is 0 Å². The molecule has 0 aromatic heterocycles. The molecule has 0 heterocycles. The first-order chi connectivity index (χ1) is 8.85. The number of rotatable bonds is 6. The summed E-state index contributed by atoms with van der Waals surface area (Å²) in [5.41, 5.74) is 3.08. The average Bonchev–Trinajstić information content (AvgIpc) is 2.44. The van der Waals surface area contributed by atoms with Crippen molar-refractivity contribution in [3.63, 3.8) is 0 Å². The van der Waals surface area contributed by atoms with Crippen LogP contribution in [0.5, 0.6) is 0 Å². The molecule has 1 N–H and O–H groups in total. The smallest absolute Gasteiger partial charge is 0.0323 e. The van der Waals surface area contributed by atoms with Crippen molar-refractivity contribution < 1.29 is 0 Å². The second kappa shape index (κ2) is 6.91. The van der Waals surface area contributed by atoms with Gasteiger partial charge >= 0.3 is 0 Å². The topological polar surface area (TPSA) is 15.3 Å². The van der Waals surface area contributed by atoms with Crippen LogP contribution in [0, 0.1) is 0 Å². The molecular weight excluding hydrogens is 220 g/mol. The van der Waals surface area contributed by atoms with Crippen molar-refractivity contribution in [1.82, 2.24) is 10.2 Å². The highest BCUT2D eigenvalue weighted by Crippen LogP contribution is 2.29. The second-order valence-corrected chi connectivity index (χ2v) is 5.12. The predicted molar refractivity (Wildman–Crippen MR) is 77.9 cm³/mol. The van der Waals surface area contributed by atoms with Gasteiger partial charge in [-0.2, -0.15) is 0 Å². The molecule has 0 fully saturated rings. The fraction of sp³-hybridized carbons (Fsp3) is 0.625. The summed E-state index contributed by atoms with van der Waals surface area (Å²) in [4.78, 5) is 2.47. The van der Waals surface area contributed by atoms with E-state index in [1.807, 2.05) is 0 Å². The first kappa shape index (κ1) is 13.6. The zero-order valence-electron chi connectivity index (χ0n) is 11.8. The Hall–Kier alpha value is -0.860. The Kier molecular flexibility index (Phi) is 5.21.